The largest absolute Gasteiger partial charge is 0.450 e. The summed E-state index contributed by atoms with van der Waals surface area (Å²) >= 11 is 0. The second-order valence-electron chi connectivity index (χ2n) is 3.32. The van der Waals surface area contributed by atoms with Gasteiger partial charge >= 0.3 is 12.0 Å². The number of amides is 2. The first-order chi connectivity index (χ1) is 8.72. The van der Waals surface area contributed by atoms with Gasteiger partial charge in [0.05, 0.1) is 6.42 Å². The van der Waals surface area contributed by atoms with Gasteiger partial charge in [-0.05, 0) is 12.1 Å². The van der Waals surface area contributed by atoms with E-state index in [4.69, 9.17) is 5.26 Å². The van der Waals surface area contributed by atoms with E-state index in [9.17, 15) is 9.59 Å². The molecule has 0 atom stereocenters. The summed E-state index contributed by atoms with van der Waals surface area (Å²) < 4.78 is 4.52. The average Bonchev–Trinajstić information content (AvgIpc) is 2.37. The van der Waals surface area contributed by atoms with Gasteiger partial charge in [-0.3, -0.25) is 4.79 Å². The normalized spacial score (nSPS) is 9.06. The van der Waals surface area contributed by atoms with Crippen molar-refractivity contribution in [1.29, 1.82) is 5.26 Å². The minimum Gasteiger partial charge on any atom is -0.450 e. The molecule has 94 valence electrons. The molecule has 0 aliphatic heterocycles. The van der Waals surface area contributed by atoms with Crippen molar-refractivity contribution in [2.75, 3.05) is 18.5 Å². The van der Waals surface area contributed by atoms with Gasteiger partial charge in [-0.25, -0.2) is 4.79 Å². The predicted molar refractivity (Wildman–Crippen MR) is 64.7 cm³/mol. The number of rotatable bonds is 5. The van der Waals surface area contributed by atoms with Gasteiger partial charge in [-0.2, -0.15) is 5.26 Å². The summed E-state index contributed by atoms with van der Waals surface area (Å²) in [6.45, 7) is -0.113. The Balaban J connectivity index is 2.18. The lowest BCUT2D eigenvalue weighted by Crippen LogP contribution is -2.30. The predicted octanol–water partition coefficient (Wildman–Crippen LogP) is 1.26. The zero-order valence-electron chi connectivity index (χ0n) is 9.68. The van der Waals surface area contributed by atoms with Crippen LogP contribution < -0.4 is 10.6 Å². The van der Waals surface area contributed by atoms with E-state index in [1.54, 1.807) is 30.3 Å². The van der Waals surface area contributed by atoms with Gasteiger partial charge < -0.3 is 15.4 Å². The van der Waals surface area contributed by atoms with Gasteiger partial charge in [-0.1, -0.05) is 18.2 Å². The molecule has 0 spiro atoms. The van der Waals surface area contributed by atoms with Crippen molar-refractivity contribution in [2.24, 2.45) is 0 Å². The van der Waals surface area contributed by atoms with Crippen molar-refractivity contribution < 1.29 is 14.3 Å². The van der Waals surface area contributed by atoms with E-state index in [0.29, 0.717) is 5.69 Å². The third kappa shape index (κ3) is 5.51. The van der Waals surface area contributed by atoms with Crippen LogP contribution in [0.4, 0.5) is 10.5 Å². The van der Waals surface area contributed by atoms with E-state index in [2.05, 4.69) is 15.4 Å². The van der Waals surface area contributed by atoms with Gasteiger partial charge in [0.2, 0.25) is 0 Å². The zero-order valence-corrected chi connectivity index (χ0v) is 9.68. The first kappa shape index (κ1) is 13.5. The Hall–Kier alpha value is -2.55. The fourth-order valence-corrected chi connectivity index (χ4v) is 1.16. The van der Waals surface area contributed by atoms with E-state index in [-0.39, 0.29) is 19.6 Å². The topological polar surface area (TPSA) is 91.2 Å². The number of urea groups is 1. The Labute approximate surface area is 105 Å². The highest BCUT2D eigenvalue weighted by Gasteiger charge is 2.04. The fourth-order valence-electron chi connectivity index (χ4n) is 1.16. The Bertz CT molecular complexity index is 440. The highest BCUT2D eigenvalue weighted by Crippen LogP contribution is 2.03. The van der Waals surface area contributed by atoms with E-state index >= 15 is 0 Å². The molecule has 0 radical (unpaired) electrons. The van der Waals surface area contributed by atoms with Crippen molar-refractivity contribution in [3.63, 3.8) is 0 Å². The van der Waals surface area contributed by atoms with Crippen LogP contribution in [0, 0.1) is 11.3 Å². The second-order valence-corrected chi connectivity index (χ2v) is 3.32. The number of esters is 1. The number of nitriles is 1. The summed E-state index contributed by atoms with van der Waals surface area (Å²) in [5.41, 5.74) is 0.669. The van der Waals surface area contributed by atoms with Gasteiger partial charge in [0.25, 0.3) is 0 Å². The van der Waals surface area contributed by atoms with Crippen LogP contribution in [0.3, 0.4) is 0 Å². The number of hydrogen-bond donors (Lipinski definition) is 2. The highest BCUT2D eigenvalue weighted by atomic mass is 16.5. The summed E-state index contributed by atoms with van der Waals surface area (Å²) in [5, 5.41) is 13.3. The molecule has 0 bridgehead atoms. The second kappa shape index (κ2) is 7.68. The monoisotopic (exact) mass is 247 g/mol. The first-order valence-corrected chi connectivity index (χ1v) is 5.35. The third-order valence-electron chi connectivity index (χ3n) is 1.94. The van der Waals surface area contributed by atoms with Gasteiger partial charge in [0.1, 0.15) is 6.07 Å². The molecule has 2 N–H and O–H groups in total. The number of carbonyl (C=O) groups is 2. The van der Waals surface area contributed by atoms with Crippen molar-refractivity contribution in [3.05, 3.63) is 30.3 Å². The molecule has 0 aliphatic rings. The maximum atomic E-state index is 11.4. The number of carbonyl (C=O) groups excluding carboxylic acids is 2. The molecule has 0 fully saturated rings. The molecule has 0 aliphatic carbocycles. The number of hydrogen-bond acceptors (Lipinski definition) is 4. The maximum Gasteiger partial charge on any atom is 0.319 e. The summed E-state index contributed by atoms with van der Waals surface area (Å²) in [4.78, 5) is 22.4. The summed E-state index contributed by atoms with van der Waals surface area (Å²) in [6.07, 6.45) is 0.0316. The lowest BCUT2D eigenvalue weighted by Gasteiger charge is -2.06. The third-order valence-corrected chi connectivity index (χ3v) is 1.94. The first-order valence-electron chi connectivity index (χ1n) is 5.35. The highest BCUT2D eigenvalue weighted by molar-refractivity contribution is 5.89. The van der Waals surface area contributed by atoms with Crippen molar-refractivity contribution in [1.82, 2.24) is 5.32 Å². The molecule has 1 aromatic rings. The van der Waals surface area contributed by atoms with Crippen molar-refractivity contribution in [2.45, 2.75) is 6.42 Å². The van der Waals surface area contributed by atoms with Gasteiger partial charge in [-0.15, -0.1) is 0 Å². The minimum atomic E-state index is -0.517. The SMILES string of the molecule is N#CCOC(=O)CCNC(=O)Nc1ccccc1. The number of ether oxygens (including phenoxy) is 1. The van der Waals surface area contributed by atoms with Crippen LogP contribution in [0.5, 0.6) is 0 Å². The molecule has 1 aromatic carbocycles. The van der Waals surface area contributed by atoms with E-state index in [1.165, 1.54) is 0 Å². The average molecular weight is 247 g/mol. The molecule has 0 saturated heterocycles. The number of nitrogens with zero attached hydrogens (tertiary/aromatic N) is 1. The molecule has 0 aromatic heterocycles. The van der Waals surface area contributed by atoms with Crippen LogP contribution in [-0.2, 0) is 9.53 Å². The quantitative estimate of drug-likeness (QED) is 0.766. The van der Waals surface area contributed by atoms with Crippen molar-refractivity contribution >= 4 is 17.7 Å². The Morgan fingerprint density at radius 3 is 2.67 bits per heavy atom. The van der Waals surface area contributed by atoms with E-state index in [0.717, 1.165) is 0 Å². The molecule has 0 unspecified atom stereocenters. The summed E-state index contributed by atoms with van der Waals surface area (Å²) in [7, 11) is 0. The molecule has 18 heavy (non-hydrogen) atoms. The lowest BCUT2D eigenvalue weighted by atomic mass is 10.3. The maximum absolute atomic E-state index is 11.4. The summed E-state index contributed by atoms with van der Waals surface area (Å²) in [5.74, 6) is -0.517. The zero-order chi connectivity index (χ0) is 13.2. The molecular formula is C12H13N3O3. The molecule has 6 heteroatoms. The lowest BCUT2D eigenvalue weighted by molar-refractivity contribution is -0.142. The van der Waals surface area contributed by atoms with Gasteiger partial charge in [0.15, 0.2) is 6.61 Å². The number of benzene rings is 1. The number of para-hydroxylation sites is 1. The van der Waals surface area contributed by atoms with Crippen LogP contribution in [-0.4, -0.2) is 25.2 Å². The van der Waals surface area contributed by atoms with Crippen LogP contribution in [0.1, 0.15) is 6.42 Å². The van der Waals surface area contributed by atoms with Crippen molar-refractivity contribution in [3.8, 4) is 6.07 Å². The Kier molecular flexibility index (Phi) is 5.77. The molecule has 1 rings (SSSR count). The molecule has 0 saturated carbocycles. The van der Waals surface area contributed by atoms with Crippen LogP contribution in [0.25, 0.3) is 0 Å². The Morgan fingerprint density at radius 1 is 1.28 bits per heavy atom. The number of anilines is 1. The molecule has 2 amide bonds. The number of nitrogens with one attached hydrogen (secondary N) is 2. The van der Waals surface area contributed by atoms with Crippen LogP contribution in [0.15, 0.2) is 30.3 Å². The molecule has 6 nitrogen and oxygen atoms in total. The van der Waals surface area contributed by atoms with Crippen LogP contribution in [0.2, 0.25) is 0 Å². The van der Waals surface area contributed by atoms with Crippen LogP contribution >= 0.6 is 0 Å². The van der Waals surface area contributed by atoms with E-state index in [1.807, 2.05) is 6.07 Å². The fraction of sp³-hybridized carbons (Fsp3) is 0.250. The Morgan fingerprint density at radius 2 is 2.00 bits per heavy atom. The minimum absolute atomic E-state index is 0.0316. The standard InChI is InChI=1S/C12H13N3O3/c13-7-9-18-11(16)6-8-14-12(17)15-10-4-2-1-3-5-10/h1-5H,6,8-9H2,(H2,14,15,17). The molecule has 0 heterocycles. The smallest absolute Gasteiger partial charge is 0.319 e. The summed E-state index contributed by atoms with van der Waals surface area (Å²) in [6, 6.07) is 10.2. The van der Waals surface area contributed by atoms with E-state index < -0.39 is 12.0 Å². The molecular weight excluding hydrogens is 234 g/mol. The van der Waals surface area contributed by atoms with Gasteiger partial charge in [0, 0.05) is 12.2 Å².